The van der Waals surface area contributed by atoms with Crippen LogP contribution >= 0.6 is 0 Å². The second-order valence-electron chi connectivity index (χ2n) is 4.77. The van der Waals surface area contributed by atoms with Crippen LogP contribution in [0, 0.1) is 0 Å². The number of carbonyl (C=O) groups excluding carboxylic acids is 1. The van der Waals surface area contributed by atoms with Gasteiger partial charge in [-0.3, -0.25) is 9.59 Å². The van der Waals surface area contributed by atoms with E-state index in [1.165, 1.54) is 4.90 Å². The fourth-order valence-electron chi connectivity index (χ4n) is 2.15. The summed E-state index contributed by atoms with van der Waals surface area (Å²) in [6.07, 6.45) is 0.811. The fourth-order valence-corrected chi connectivity index (χ4v) is 2.15. The van der Waals surface area contributed by atoms with Gasteiger partial charge in [-0.2, -0.15) is 0 Å². The van der Waals surface area contributed by atoms with E-state index >= 15 is 0 Å². The van der Waals surface area contributed by atoms with E-state index in [0.717, 1.165) is 11.8 Å². The highest BCUT2D eigenvalue weighted by atomic mass is 16.2. The number of carbonyl (C=O) groups is 1. The van der Waals surface area contributed by atoms with Crippen LogP contribution in [0.15, 0.2) is 35.1 Å². The first-order valence-corrected chi connectivity index (χ1v) is 6.40. The molecule has 0 aliphatic carbocycles. The maximum Gasteiger partial charge on any atom is 0.270 e. The van der Waals surface area contributed by atoms with Crippen molar-refractivity contribution < 1.29 is 4.79 Å². The fraction of sp³-hybridized carbons (Fsp3) is 0.333. The number of hydrogen-bond donors (Lipinski definition) is 0. The minimum absolute atomic E-state index is 0.0925. The molecule has 0 bridgehead atoms. The Morgan fingerprint density at radius 1 is 1.26 bits per heavy atom. The highest BCUT2D eigenvalue weighted by Gasteiger charge is 2.16. The lowest BCUT2D eigenvalue weighted by Crippen LogP contribution is -2.31. The zero-order valence-corrected chi connectivity index (χ0v) is 11.5. The standard InChI is InChI=1S/C15H18N2O2/c1-4-9-17-13(15(19)16(2)3)10-11-7-5-6-8-12(11)14(17)18/h5-8,10H,4,9H2,1-3H3. The summed E-state index contributed by atoms with van der Waals surface area (Å²) in [6.45, 7) is 2.55. The maximum atomic E-state index is 12.5. The van der Waals surface area contributed by atoms with Crippen molar-refractivity contribution in [3.8, 4) is 0 Å². The predicted molar refractivity (Wildman–Crippen MR) is 76.5 cm³/mol. The topological polar surface area (TPSA) is 42.3 Å². The van der Waals surface area contributed by atoms with Gasteiger partial charge in [0.1, 0.15) is 5.69 Å². The second-order valence-corrected chi connectivity index (χ2v) is 4.77. The van der Waals surface area contributed by atoms with E-state index in [9.17, 15) is 9.59 Å². The Morgan fingerprint density at radius 3 is 2.58 bits per heavy atom. The van der Waals surface area contributed by atoms with Gasteiger partial charge in [0.15, 0.2) is 0 Å². The molecule has 1 heterocycles. The van der Waals surface area contributed by atoms with Crippen molar-refractivity contribution in [1.29, 1.82) is 0 Å². The van der Waals surface area contributed by atoms with Crippen LogP contribution in [-0.2, 0) is 6.54 Å². The van der Waals surface area contributed by atoms with Gasteiger partial charge in [-0.1, -0.05) is 25.1 Å². The highest BCUT2D eigenvalue weighted by molar-refractivity contribution is 5.96. The average Bonchev–Trinajstić information content (AvgIpc) is 2.41. The van der Waals surface area contributed by atoms with Crippen LogP contribution in [-0.4, -0.2) is 29.5 Å². The number of hydrogen-bond acceptors (Lipinski definition) is 2. The third kappa shape index (κ3) is 2.38. The lowest BCUT2D eigenvalue weighted by molar-refractivity contribution is 0.0815. The van der Waals surface area contributed by atoms with E-state index in [-0.39, 0.29) is 11.5 Å². The van der Waals surface area contributed by atoms with Gasteiger partial charge in [-0.05, 0) is 23.9 Å². The third-order valence-corrected chi connectivity index (χ3v) is 3.09. The molecule has 2 aromatic rings. The van der Waals surface area contributed by atoms with Crippen LogP contribution in [0.3, 0.4) is 0 Å². The summed E-state index contributed by atoms with van der Waals surface area (Å²) in [5, 5.41) is 1.47. The number of nitrogens with zero attached hydrogens (tertiary/aromatic N) is 2. The maximum absolute atomic E-state index is 12.5. The molecule has 0 saturated heterocycles. The van der Waals surface area contributed by atoms with Gasteiger partial charge in [0.2, 0.25) is 0 Å². The van der Waals surface area contributed by atoms with E-state index in [0.29, 0.717) is 17.6 Å². The number of fused-ring (bicyclic) bond motifs is 1. The molecule has 1 aromatic carbocycles. The molecule has 4 nitrogen and oxygen atoms in total. The zero-order chi connectivity index (χ0) is 14.0. The number of rotatable bonds is 3. The van der Waals surface area contributed by atoms with E-state index in [1.54, 1.807) is 30.8 Å². The Labute approximate surface area is 112 Å². The molecule has 0 aliphatic rings. The number of benzene rings is 1. The van der Waals surface area contributed by atoms with Gasteiger partial charge in [0.25, 0.3) is 11.5 Å². The van der Waals surface area contributed by atoms with Crippen LogP contribution in [0.1, 0.15) is 23.8 Å². The molecule has 0 radical (unpaired) electrons. The molecule has 0 spiro atoms. The van der Waals surface area contributed by atoms with Gasteiger partial charge >= 0.3 is 0 Å². The molecule has 0 N–H and O–H groups in total. The van der Waals surface area contributed by atoms with E-state index in [1.807, 2.05) is 25.1 Å². The molecule has 0 atom stereocenters. The van der Waals surface area contributed by atoms with Crippen molar-refractivity contribution >= 4 is 16.7 Å². The summed E-state index contributed by atoms with van der Waals surface area (Å²) in [7, 11) is 3.39. The molecular weight excluding hydrogens is 240 g/mol. The lowest BCUT2D eigenvalue weighted by atomic mass is 10.1. The molecule has 2 rings (SSSR count). The smallest absolute Gasteiger partial charge is 0.270 e. The van der Waals surface area contributed by atoms with Crippen molar-refractivity contribution in [3.05, 3.63) is 46.4 Å². The summed E-state index contributed by atoms with van der Waals surface area (Å²) in [5.74, 6) is -0.142. The molecular formula is C15H18N2O2. The highest BCUT2D eigenvalue weighted by Crippen LogP contribution is 2.13. The quantitative estimate of drug-likeness (QED) is 0.846. The molecule has 0 unspecified atom stereocenters. The molecule has 100 valence electrons. The van der Waals surface area contributed by atoms with E-state index < -0.39 is 0 Å². The molecule has 1 aromatic heterocycles. The Hall–Kier alpha value is -2.10. The van der Waals surface area contributed by atoms with E-state index in [4.69, 9.17) is 0 Å². The Bertz CT molecular complexity index is 671. The van der Waals surface area contributed by atoms with Crippen LogP contribution in [0.5, 0.6) is 0 Å². The molecule has 19 heavy (non-hydrogen) atoms. The van der Waals surface area contributed by atoms with Gasteiger partial charge in [0, 0.05) is 26.0 Å². The van der Waals surface area contributed by atoms with Crippen LogP contribution in [0.4, 0.5) is 0 Å². The minimum atomic E-state index is -0.142. The third-order valence-electron chi connectivity index (χ3n) is 3.09. The summed E-state index contributed by atoms with van der Waals surface area (Å²) in [6, 6.07) is 9.17. The molecule has 0 fully saturated rings. The first kappa shape index (κ1) is 13.3. The van der Waals surface area contributed by atoms with Gasteiger partial charge in [-0.25, -0.2) is 0 Å². The average molecular weight is 258 g/mol. The normalized spacial score (nSPS) is 10.7. The first-order chi connectivity index (χ1) is 9.06. The predicted octanol–water partition coefficient (Wildman–Crippen LogP) is 2.11. The first-order valence-electron chi connectivity index (χ1n) is 6.40. The summed E-state index contributed by atoms with van der Waals surface area (Å²) < 4.78 is 1.57. The number of amides is 1. The lowest BCUT2D eigenvalue weighted by Gasteiger charge is -2.16. The number of aromatic nitrogens is 1. The Kier molecular flexibility index (Phi) is 3.69. The molecule has 1 amide bonds. The monoisotopic (exact) mass is 258 g/mol. The summed E-state index contributed by atoms with van der Waals surface area (Å²) >= 11 is 0. The van der Waals surface area contributed by atoms with Crippen molar-refractivity contribution in [2.45, 2.75) is 19.9 Å². The SMILES string of the molecule is CCCn1c(C(=O)N(C)C)cc2ccccc2c1=O. The van der Waals surface area contributed by atoms with Crippen LogP contribution in [0.2, 0.25) is 0 Å². The molecule has 4 heteroatoms. The Balaban J connectivity index is 2.77. The summed E-state index contributed by atoms with van der Waals surface area (Å²) in [4.78, 5) is 26.2. The Morgan fingerprint density at radius 2 is 1.95 bits per heavy atom. The van der Waals surface area contributed by atoms with E-state index in [2.05, 4.69) is 0 Å². The van der Waals surface area contributed by atoms with Crippen LogP contribution < -0.4 is 5.56 Å². The van der Waals surface area contributed by atoms with Crippen molar-refractivity contribution in [1.82, 2.24) is 9.47 Å². The molecule has 0 aliphatic heterocycles. The number of pyridine rings is 1. The second kappa shape index (κ2) is 5.26. The van der Waals surface area contributed by atoms with Crippen molar-refractivity contribution in [2.24, 2.45) is 0 Å². The van der Waals surface area contributed by atoms with Gasteiger partial charge in [-0.15, -0.1) is 0 Å². The van der Waals surface area contributed by atoms with Gasteiger partial charge in [0.05, 0.1) is 0 Å². The summed E-state index contributed by atoms with van der Waals surface area (Å²) in [5.41, 5.74) is 0.362. The van der Waals surface area contributed by atoms with Crippen molar-refractivity contribution in [2.75, 3.05) is 14.1 Å². The van der Waals surface area contributed by atoms with Gasteiger partial charge < -0.3 is 9.47 Å². The van der Waals surface area contributed by atoms with Crippen molar-refractivity contribution in [3.63, 3.8) is 0 Å². The van der Waals surface area contributed by atoms with Crippen LogP contribution in [0.25, 0.3) is 10.8 Å². The zero-order valence-electron chi connectivity index (χ0n) is 11.5. The molecule has 0 saturated carbocycles. The largest absolute Gasteiger partial charge is 0.343 e. The minimum Gasteiger partial charge on any atom is -0.343 e.